The first-order chi connectivity index (χ1) is 39.5. The van der Waals surface area contributed by atoms with Gasteiger partial charge in [-0.2, -0.15) is 0 Å². The predicted molar refractivity (Wildman–Crippen MR) is 348 cm³/mol. The summed E-state index contributed by atoms with van der Waals surface area (Å²) in [6.07, 6.45) is 94.6. The molecule has 80 heavy (non-hydrogen) atoms. The van der Waals surface area contributed by atoms with Crippen molar-refractivity contribution in [3.8, 4) is 0 Å². The Morgan fingerprint density at radius 1 is 0.263 bits per heavy atom. The zero-order chi connectivity index (χ0) is 57.8. The van der Waals surface area contributed by atoms with Crippen LogP contribution in [-0.4, -0.2) is 37.2 Å². The summed E-state index contributed by atoms with van der Waals surface area (Å²) >= 11 is 0. The van der Waals surface area contributed by atoms with Gasteiger partial charge < -0.3 is 14.2 Å². The number of esters is 3. The lowest BCUT2D eigenvalue weighted by Gasteiger charge is -2.18. The van der Waals surface area contributed by atoms with Gasteiger partial charge in [0.15, 0.2) is 6.10 Å². The first kappa shape index (κ1) is 75.5. The Kier molecular flexibility index (Phi) is 63.3. The molecular formula is C74H122O6. The molecule has 6 nitrogen and oxygen atoms in total. The maximum atomic E-state index is 12.9. The van der Waals surface area contributed by atoms with Crippen LogP contribution in [0.3, 0.4) is 0 Å². The third kappa shape index (κ3) is 64.4. The van der Waals surface area contributed by atoms with E-state index in [1.54, 1.807) is 0 Å². The summed E-state index contributed by atoms with van der Waals surface area (Å²) in [5.74, 6) is -0.925. The molecule has 0 aliphatic rings. The monoisotopic (exact) mass is 1110 g/mol. The molecule has 0 aliphatic carbocycles. The molecule has 0 N–H and O–H groups in total. The van der Waals surface area contributed by atoms with E-state index >= 15 is 0 Å². The molecule has 0 saturated heterocycles. The molecule has 0 aliphatic heterocycles. The quantitative estimate of drug-likeness (QED) is 0.0261. The standard InChI is InChI=1S/C74H122O6/c1-4-7-10-13-16-19-22-25-27-29-31-33-35-36-37-38-40-41-43-45-47-49-52-55-58-61-64-67-73(76)79-70-71(69-78-72(75)66-63-60-57-54-51-24-21-18-15-12-9-6-3)80-74(77)68-65-62-59-56-53-50-48-46-44-42-39-34-32-30-28-26-23-20-17-14-11-8-5-2/h7-8,10-11,16-21,25-28,31-34,42,44,48,50,71H,4-6,9,12-15,22-24,29-30,35-41,43,45-47,49,51-70H2,1-3H3/b10-7-,11-8-,19-16-,20-17-,21-18-,27-25-,28-26-,33-31-,34-32-,44-42-,50-48-. The van der Waals surface area contributed by atoms with Gasteiger partial charge in [-0.1, -0.05) is 276 Å². The molecule has 454 valence electrons. The number of carbonyl (C=O) groups is 3. The number of unbranched alkanes of at least 4 members (excludes halogenated alkanes) is 26. The predicted octanol–water partition coefficient (Wildman–Crippen LogP) is 22.9. The molecule has 0 amide bonds. The number of allylic oxidation sites excluding steroid dienone is 22. The summed E-state index contributed by atoms with van der Waals surface area (Å²) in [6, 6.07) is 0. The van der Waals surface area contributed by atoms with Crippen LogP contribution in [0.4, 0.5) is 0 Å². The first-order valence-electron chi connectivity index (χ1n) is 33.2. The van der Waals surface area contributed by atoms with Crippen LogP contribution >= 0.6 is 0 Å². The van der Waals surface area contributed by atoms with Gasteiger partial charge in [0, 0.05) is 19.3 Å². The average Bonchev–Trinajstić information content (AvgIpc) is 3.46. The average molecular weight is 1110 g/mol. The fourth-order valence-corrected chi connectivity index (χ4v) is 8.96. The van der Waals surface area contributed by atoms with Gasteiger partial charge in [0.2, 0.25) is 0 Å². The van der Waals surface area contributed by atoms with Crippen molar-refractivity contribution < 1.29 is 28.6 Å². The molecule has 0 fully saturated rings. The molecule has 0 bridgehead atoms. The van der Waals surface area contributed by atoms with Gasteiger partial charge >= 0.3 is 17.9 Å². The van der Waals surface area contributed by atoms with E-state index in [9.17, 15) is 14.4 Å². The molecular weight excluding hydrogens is 985 g/mol. The van der Waals surface area contributed by atoms with Gasteiger partial charge in [-0.25, -0.2) is 0 Å². The molecule has 0 saturated carbocycles. The Hall–Kier alpha value is -4.45. The summed E-state index contributed by atoms with van der Waals surface area (Å²) in [5.41, 5.74) is 0. The number of hydrogen-bond acceptors (Lipinski definition) is 6. The van der Waals surface area contributed by atoms with Gasteiger partial charge in [0.25, 0.3) is 0 Å². The normalized spacial score (nSPS) is 13.0. The van der Waals surface area contributed by atoms with Crippen molar-refractivity contribution in [2.45, 2.75) is 303 Å². The molecule has 0 aromatic heterocycles. The maximum Gasteiger partial charge on any atom is 0.306 e. The van der Waals surface area contributed by atoms with Crippen LogP contribution < -0.4 is 0 Å². The summed E-state index contributed by atoms with van der Waals surface area (Å²) in [4.78, 5) is 38.3. The Balaban J connectivity index is 4.34. The largest absolute Gasteiger partial charge is 0.462 e. The van der Waals surface area contributed by atoms with Crippen molar-refractivity contribution in [1.82, 2.24) is 0 Å². The van der Waals surface area contributed by atoms with E-state index in [1.165, 1.54) is 109 Å². The molecule has 6 heteroatoms. The van der Waals surface area contributed by atoms with E-state index in [0.717, 1.165) is 148 Å². The van der Waals surface area contributed by atoms with E-state index in [2.05, 4.69) is 154 Å². The van der Waals surface area contributed by atoms with Crippen LogP contribution in [0, 0.1) is 0 Å². The first-order valence-corrected chi connectivity index (χ1v) is 33.2. The van der Waals surface area contributed by atoms with E-state index in [0.29, 0.717) is 19.3 Å². The van der Waals surface area contributed by atoms with Crippen molar-refractivity contribution >= 4 is 17.9 Å². The van der Waals surface area contributed by atoms with Crippen molar-refractivity contribution in [1.29, 1.82) is 0 Å². The lowest BCUT2D eigenvalue weighted by Crippen LogP contribution is -2.30. The van der Waals surface area contributed by atoms with Crippen LogP contribution in [-0.2, 0) is 28.6 Å². The third-order valence-electron chi connectivity index (χ3n) is 13.9. The summed E-state index contributed by atoms with van der Waals surface area (Å²) in [5, 5.41) is 0. The van der Waals surface area contributed by atoms with Gasteiger partial charge in [0.1, 0.15) is 13.2 Å². The summed E-state index contributed by atoms with van der Waals surface area (Å²) in [7, 11) is 0. The van der Waals surface area contributed by atoms with Crippen LogP contribution in [0.2, 0.25) is 0 Å². The molecule has 0 radical (unpaired) electrons. The highest BCUT2D eigenvalue weighted by atomic mass is 16.6. The van der Waals surface area contributed by atoms with E-state index in [4.69, 9.17) is 14.2 Å². The van der Waals surface area contributed by atoms with Crippen molar-refractivity contribution in [3.05, 3.63) is 134 Å². The molecule has 0 rings (SSSR count). The van der Waals surface area contributed by atoms with Crippen LogP contribution in [0.1, 0.15) is 297 Å². The third-order valence-corrected chi connectivity index (χ3v) is 13.9. The summed E-state index contributed by atoms with van der Waals surface area (Å²) in [6.45, 7) is 6.37. The van der Waals surface area contributed by atoms with Crippen LogP contribution in [0.15, 0.2) is 134 Å². The Morgan fingerprint density at radius 3 is 0.775 bits per heavy atom. The summed E-state index contributed by atoms with van der Waals surface area (Å²) < 4.78 is 16.9. The highest BCUT2D eigenvalue weighted by Crippen LogP contribution is 2.16. The SMILES string of the molecule is CC/C=C\C/C=C\C/C=C\C/C=C\C/C=C\C/C=C\CCCCCCC(=O)OC(COC(=O)CCCCCCC/C=C\CCCCC)COC(=O)CCCCCCCCCCCCCCCC/C=C\C/C=C\C/C=C\C/C=C\CC. The topological polar surface area (TPSA) is 78.9 Å². The Labute approximate surface area is 494 Å². The van der Waals surface area contributed by atoms with Gasteiger partial charge in [-0.3, -0.25) is 14.4 Å². The molecule has 1 atom stereocenters. The van der Waals surface area contributed by atoms with Gasteiger partial charge in [-0.15, -0.1) is 0 Å². The zero-order valence-corrected chi connectivity index (χ0v) is 52.0. The highest BCUT2D eigenvalue weighted by molar-refractivity contribution is 5.71. The van der Waals surface area contributed by atoms with Gasteiger partial charge in [0.05, 0.1) is 0 Å². The second-order valence-corrected chi connectivity index (χ2v) is 21.6. The molecule has 0 heterocycles. The Morgan fingerprint density at radius 2 is 0.487 bits per heavy atom. The highest BCUT2D eigenvalue weighted by Gasteiger charge is 2.19. The molecule has 0 spiro atoms. The number of carbonyl (C=O) groups excluding carboxylic acids is 3. The molecule has 0 aromatic rings. The lowest BCUT2D eigenvalue weighted by atomic mass is 10.0. The number of ether oxygens (including phenoxy) is 3. The van der Waals surface area contributed by atoms with Gasteiger partial charge in [-0.05, 0) is 135 Å². The van der Waals surface area contributed by atoms with E-state index < -0.39 is 6.10 Å². The second kappa shape index (κ2) is 67.1. The molecule has 1 unspecified atom stereocenters. The minimum atomic E-state index is -0.800. The minimum Gasteiger partial charge on any atom is -0.462 e. The minimum absolute atomic E-state index is 0.0937. The van der Waals surface area contributed by atoms with Crippen molar-refractivity contribution in [2.24, 2.45) is 0 Å². The Bertz CT molecular complexity index is 1700. The fraction of sp³-hybridized carbons (Fsp3) is 0.662. The zero-order valence-electron chi connectivity index (χ0n) is 52.0. The smallest absolute Gasteiger partial charge is 0.306 e. The maximum absolute atomic E-state index is 12.9. The van der Waals surface area contributed by atoms with E-state index in [-0.39, 0.29) is 31.1 Å². The number of rotatable bonds is 59. The fourth-order valence-electron chi connectivity index (χ4n) is 8.96. The second-order valence-electron chi connectivity index (χ2n) is 21.6. The number of hydrogen-bond donors (Lipinski definition) is 0. The molecule has 0 aromatic carbocycles. The van der Waals surface area contributed by atoms with Crippen LogP contribution in [0.25, 0.3) is 0 Å². The lowest BCUT2D eigenvalue weighted by molar-refractivity contribution is -0.167. The van der Waals surface area contributed by atoms with Crippen LogP contribution in [0.5, 0.6) is 0 Å². The van der Waals surface area contributed by atoms with Crippen molar-refractivity contribution in [2.75, 3.05) is 13.2 Å². The van der Waals surface area contributed by atoms with E-state index in [1.807, 2.05) is 0 Å². The van der Waals surface area contributed by atoms with Crippen molar-refractivity contribution in [3.63, 3.8) is 0 Å².